The van der Waals surface area contributed by atoms with Crippen LogP contribution in [0.2, 0.25) is 0 Å². The SMILES string of the molecule is COc1cccc(CCc2ccccc2OCC(O)C[N+](C)(C)N[C@H](C=O)CCC(=O)O)c1. The number of rotatable bonds is 15. The number of aliphatic hydroxyl groups is 1. The fraction of sp³-hybridized carbons (Fsp3) is 0.440. The number of nitrogens with one attached hydrogen (secondary N) is 1. The van der Waals surface area contributed by atoms with Crippen molar-refractivity contribution < 1.29 is 33.9 Å². The Morgan fingerprint density at radius 3 is 2.61 bits per heavy atom. The molecule has 2 aromatic rings. The van der Waals surface area contributed by atoms with Gasteiger partial charge in [0.25, 0.3) is 0 Å². The molecule has 0 aliphatic carbocycles. The molecule has 0 saturated carbocycles. The number of carbonyl (C=O) groups excluding carboxylic acids is 1. The quantitative estimate of drug-likeness (QED) is 0.213. The third-order valence-electron chi connectivity index (χ3n) is 5.24. The normalized spacial score (nSPS) is 13.2. The van der Waals surface area contributed by atoms with E-state index in [-0.39, 0.29) is 30.6 Å². The molecule has 3 N–H and O–H groups in total. The first kappa shape index (κ1) is 26.3. The first-order valence-electron chi connectivity index (χ1n) is 11.0. The van der Waals surface area contributed by atoms with E-state index in [2.05, 4.69) is 11.5 Å². The molecular formula is C25H35N2O6+. The van der Waals surface area contributed by atoms with Crippen LogP contribution in [0.25, 0.3) is 0 Å². The zero-order valence-corrected chi connectivity index (χ0v) is 19.6. The molecule has 8 heteroatoms. The van der Waals surface area contributed by atoms with E-state index in [4.69, 9.17) is 14.6 Å². The number of benzene rings is 2. The molecule has 0 amide bonds. The predicted molar refractivity (Wildman–Crippen MR) is 125 cm³/mol. The molecule has 2 aromatic carbocycles. The van der Waals surface area contributed by atoms with Crippen molar-refractivity contribution in [2.75, 3.05) is 34.4 Å². The summed E-state index contributed by atoms with van der Waals surface area (Å²) in [4.78, 5) is 22.0. The first-order chi connectivity index (χ1) is 15.7. The minimum atomic E-state index is -0.951. The summed E-state index contributed by atoms with van der Waals surface area (Å²) in [7, 11) is 5.27. The Balaban J connectivity index is 1.89. The second kappa shape index (κ2) is 12.9. The molecule has 0 radical (unpaired) electrons. The topological polar surface area (TPSA) is 105 Å². The number of likely N-dealkylation sites (N-methyl/N-ethyl adjacent to an activating group) is 1. The molecule has 180 valence electrons. The van der Waals surface area contributed by atoms with Gasteiger partial charge >= 0.3 is 5.97 Å². The molecule has 2 rings (SSSR count). The van der Waals surface area contributed by atoms with Gasteiger partial charge in [-0.3, -0.25) is 4.79 Å². The van der Waals surface area contributed by atoms with Crippen LogP contribution >= 0.6 is 0 Å². The van der Waals surface area contributed by atoms with Gasteiger partial charge in [-0.2, -0.15) is 5.43 Å². The van der Waals surface area contributed by atoms with Gasteiger partial charge in [0.15, 0.2) is 0 Å². The average Bonchev–Trinajstić information content (AvgIpc) is 2.79. The number of aliphatic carboxylic acids is 1. The number of para-hydroxylation sites is 1. The maximum atomic E-state index is 11.3. The van der Waals surface area contributed by atoms with Crippen LogP contribution in [-0.2, 0) is 22.4 Å². The fourth-order valence-corrected chi connectivity index (χ4v) is 3.67. The third-order valence-corrected chi connectivity index (χ3v) is 5.24. The van der Waals surface area contributed by atoms with Gasteiger partial charge in [0, 0.05) is 6.42 Å². The molecule has 0 aliphatic rings. The number of nitrogens with zero attached hydrogens (tertiary/aromatic N) is 1. The molecule has 0 saturated heterocycles. The lowest BCUT2D eigenvalue weighted by Crippen LogP contribution is -2.59. The maximum Gasteiger partial charge on any atom is 0.303 e. The van der Waals surface area contributed by atoms with Crippen LogP contribution in [0.4, 0.5) is 0 Å². The van der Waals surface area contributed by atoms with Crippen molar-refractivity contribution in [1.29, 1.82) is 0 Å². The minimum Gasteiger partial charge on any atom is -0.497 e. The Kier molecular flexibility index (Phi) is 10.3. The number of aliphatic hydroxyl groups excluding tert-OH is 1. The van der Waals surface area contributed by atoms with Gasteiger partial charge < -0.3 is 24.5 Å². The van der Waals surface area contributed by atoms with E-state index in [1.807, 2.05) is 56.6 Å². The average molecular weight is 460 g/mol. The number of aryl methyl sites for hydroxylation is 2. The van der Waals surface area contributed by atoms with Crippen molar-refractivity contribution in [2.45, 2.75) is 37.8 Å². The van der Waals surface area contributed by atoms with Crippen molar-refractivity contribution in [2.24, 2.45) is 0 Å². The Hall–Kier alpha value is -2.94. The largest absolute Gasteiger partial charge is 0.497 e. The molecule has 33 heavy (non-hydrogen) atoms. The van der Waals surface area contributed by atoms with Crippen LogP contribution in [-0.4, -0.2) is 73.6 Å². The number of carbonyl (C=O) groups is 2. The molecule has 0 heterocycles. The van der Waals surface area contributed by atoms with Crippen LogP contribution < -0.4 is 14.9 Å². The molecule has 8 nitrogen and oxygen atoms in total. The maximum absolute atomic E-state index is 11.3. The van der Waals surface area contributed by atoms with Gasteiger partial charge in [0.05, 0.1) is 21.2 Å². The van der Waals surface area contributed by atoms with E-state index in [1.165, 1.54) is 5.56 Å². The number of carboxylic acid groups (broad SMARTS) is 1. The van der Waals surface area contributed by atoms with Crippen LogP contribution in [0.15, 0.2) is 48.5 Å². The molecular weight excluding hydrogens is 424 g/mol. The smallest absolute Gasteiger partial charge is 0.303 e. The van der Waals surface area contributed by atoms with Crippen LogP contribution in [0.3, 0.4) is 0 Å². The minimum absolute atomic E-state index is 0.0976. The second-order valence-corrected chi connectivity index (χ2v) is 8.60. The molecule has 0 fully saturated rings. The van der Waals surface area contributed by atoms with Crippen LogP contribution in [0, 0.1) is 0 Å². The number of hydrogen-bond donors (Lipinski definition) is 3. The molecule has 0 aliphatic heterocycles. The van der Waals surface area contributed by atoms with Crippen molar-refractivity contribution in [3.8, 4) is 11.5 Å². The third kappa shape index (κ3) is 9.61. The number of hydrogen-bond acceptors (Lipinski definition) is 6. The summed E-state index contributed by atoms with van der Waals surface area (Å²) in [5.74, 6) is 0.603. The number of aldehydes is 1. The summed E-state index contributed by atoms with van der Waals surface area (Å²) >= 11 is 0. The van der Waals surface area contributed by atoms with Crippen LogP contribution in [0.1, 0.15) is 24.0 Å². The lowest BCUT2D eigenvalue weighted by atomic mass is 10.0. The number of carboxylic acids is 1. The monoisotopic (exact) mass is 459 g/mol. The highest BCUT2D eigenvalue weighted by molar-refractivity contribution is 5.68. The molecule has 0 bridgehead atoms. The van der Waals surface area contributed by atoms with E-state index in [0.717, 1.165) is 29.9 Å². The highest BCUT2D eigenvalue weighted by atomic mass is 16.5. The summed E-state index contributed by atoms with van der Waals surface area (Å²) < 4.78 is 11.4. The van der Waals surface area contributed by atoms with E-state index < -0.39 is 18.1 Å². The van der Waals surface area contributed by atoms with E-state index in [0.29, 0.717) is 6.29 Å². The Bertz CT molecular complexity index is 902. The summed E-state index contributed by atoms with van der Waals surface area (Å²) in [6, 6.07) is 15.1. The summed E-state index contributed by atoms with van der Waals surface area (Å²) in [5.41, 5.74) is 5.29. The molecule has 0 spiro atoms. The standard InChI is InChI=1S/C25H34N2O6/c1-27(2,26-21(17-28)13-14-25(30)31)16-22(29)18-33-24-10-5-4-8-20(24)12-11-19-7-6-9-23(15-19)32-3/h4-10,15,17,21-22,26,29H,11-14,16,18H2,1-3H3/p+1/t21-,22?/m0/s1. The van der Waals surface area contributed by atoms with Gasteiger partial charge in [-0.15, -0.1) is 0 Å². The predicted octanol–water partition coefficient (Wildman–Crippen LogP) is 2.23. The molecule has 2 atom stereocenters. The van der Waals surface area contributed by atoms with Gasteiger partial charge in [-0.1, -0.05) is 30.3 Å². The van der Waals surface area contributed by atoms with E-state index in [9.17, 15) is 14.7 Å². The summed E-state index contributed by atoms with van der Waals surface area (Å²) in [6.07, 6.45) is 1.61. The van der Waals surface area contributed by atoms with Crippen molar-refractivity contribution in [3.63, 3.8) is 0 Å². The molecule has 1 unspecified atom stereocenters. The lowest BCUT2D eigenvalue weighted by molar-refractivity contribution is -0.938. The fourth-order valence-electron chi connectivity index (χ4n) is 3.67. The highest BCUT2D eigenvalue weighted by Crippen LogP contribution is 2.21. The summed E-state index contributed by atoms with van der Waals surface area (Å²) in [5, 5.41) is 19.3. The highest BCUT2D eigenvalue weighted by Gasteiger charge is 2.25. The number of methoxy groups -OCH3 is 1. The van der Waals surface area contributed by atoms with Gasteiger partial charge in [0.2, 0.25) is 0 Å². The Morgan fingerprint density at radius 2 is 1.91 bits per heavy atom. The number of ether oxygens (including phenoxy) is 2. The second-order valence-electron chi connectivity index (χ2n) is 8.60. The molecule has 0 aromatic heterocycles. The zero-order valence-electron chi connectivity index (χ0n) is 19.6. The summed E-state index contributed by atoms with van der Waals surface area (Å²) in [6.45, 7) is 0.379. The number of quaternary nitrogens is 1. The van der Waals surface area contributed by atoms with Crippen molar-refractivity contribution >= 4 is 12.3 Å². The van der Waals surface area contributed by atoms with Gasteiger partial charge in [-0.05, 0) is 48.6 Å². The van der Waals surface area contributed by atoms with Crippen LogP contribution in [0.5, 0.6) is 11.5 Å². The zero-order chi connectivity index (χ0) is 24.3. The van der Waals surface area contributed by atoms with E-state index >= 15 is 0 Å². The van der Waals surface area contributed by atoms with Gasteiger partial charge in [-0.25, -0.2) is 4.59 Å². The van der Waals surface area contributed by atoms with Gasteiger partial charge in [0.1, 0.15) is 43.1 Å². The Morgan fingerprint density at radius 1 is 1.15 bits per heavy atom. The first-order valence-corrected chi connectivity index (χ1v) is 11.0. The van der Waals surface area contributed by atoms with Crippen molar-refractivity contribution in [3.05, 3.63) is 59.7 Å². The van der Waals surface area contributed by atoms with Crippen molar-refractivity contribution in [1.82, 2.24) is 5.43 Å². The Labute approximate surface area is 195 Å². The van der Waals surface area contributed by atoms with E-state index in [1.54, 1.807) is 7.11 Å². The lowest BCUT2D eigenvalue weighted by Gasteiger charge is -2.33.